The van der Waals surface area contributed by atoms with Crippen molar-refractivity contribution in [3.8, 4) is 0 Å². The number of carbonyl (C=O) groups is 2. The molecule has 3 rings (SSSR count). The van der Waals surface area contributed by atoms with Gasteiger partial charge < -0.3 is 4.74 Å². The molecule has 0 bridgehead atoms. The van der Waals surface area contributed by atoms with Gasteiger partial charge in [0.15, 0.2) is 0 Å². The summed E-state index contributed by atoms with van der Waals surface area (Å²) in [7, 11) is 1.72. The number of benzene rings is 2. The molecule has 28 heavy (non-hydrogen) atoms. The standard InChI is InChI=1S/C22H22N2O3S/c1-3-27-19(18-14-8-5-9-15-18)20-21(25)24(22(26)28-20)23(2)16-10-13-17-11-6-4-7-12-17/h4-15H,3,16H2,1-2H3. The lowest BCUT2D eigenvalue weighted by Crippen LogP contribution is -2.43. The van der Waals surface area contributed by atoms with E-state index in [9.17, 15) is 9.59 Å². The van der Waals surface area contributed by atoms with Crippen LogP contribution in [0.4, 0.5) is 4.79 Å². The highest BCUT2D eigenvalue weighted by Crippen LogP contribution is 2.37. The van der Waals surface area contributed by atoms with Crippen LogP contribution in [0, 0.1) is 0 Å². The zero-order valence-electron chi connectivity index (χ0n) is 15.9. The highest BCUT2D eigenvalue weighted by atomic mass is 32.2. The van der Waals surface area contributed by atoms with E-state index in [1.54, 1.807) is 12.1 Å². The number of ether oxygens (including phenoxy) is 1. The predicted octanol–water partition coefficient (Wildman–Crippen LogP) is 4.65. The van der Waals surface area contributed by atoms with Crippen LogP contribution in [0.5, 0.6) is 0 Å². The fraction of sp³-hybridized carbons (Fsp3) is 0.182. The van der Waals surface area contributed by atoms with Gasteiger partial charge in [-0.25, -0.2) is 5.01 Å². The van der Waals surface area contributed by atoms with E-state index in [4.69, 9.17) is 4.74 Å². The van der Waals surface area contributed by atoms with Crippen molar-refractivity contribution in [3.63, 3.8) is 0 Å². The molecule has 1 heterocycles. The maximum absolute atomic E-state index is 13.0. The van der Waals surface area contributed by atoms with Gasteiger partial charge in [-0.2, -0.15) is 5.01 Å². The molecule has 1 aliphatic heterocycles. The number of nitrogens with zero attached hydrogens (tertiary/aromatic N) is 2. The average molecular weight is 394 g/mol. The van der Waals surface area contributed by atoms with E-state index in [0.29, 0.717) is 23.8 Å². The third kappa shape index (κ3) is 4.52. The number of carbonyl (C=O) groups excluding carboxylic acids is 2. The van der Waals surface area contributed by atoms with Crippen molar-refractivity contribution in [1.29, 1.82) is 0 Å². The highest BCUT2D eigenvalue weighted by molar-refractivity contribution is 8.18. The second kappa shape index (κ2) is 9.39. The Hall–Kier alpha value is -2.83. The first-order chi connectivity index (χ1) is 13.6. The Bertz CT molecular complexity index is 895. The fourth-order valence-corrected chi connectivity index (χ4v) is 3.72. The fourth-order valence-electron chi connectivity index (χ4n) is 2.79. The van der Waals surface area contributed by atoms with Crippen molar-refractivity contribution in [2.45, 2.75) is 6.92 Å². The highest BCUT2D eigenvalue weighted by Gasteiger charge is 2.40. The van der Waals surface area contributed by atoms with Gasteiger partial charge in [0, 0.05) is 19.2 Å². The van der Waals surface area contributed by atoms with Crippen LogP contribution in [-0.2, 0) is 9.53 Å². The van der Waals surface area contributed by atoms with Crippen LogP contribution in [0.2, 0.25) is 0 Å². The third-order valence-corrected chi connectivity index (χ3v) is 5.01. The molecule has 6 heteroatoms. The molecule has 0 unspecified atom stereocenters. The minimum Gasteiger partial charge on any atom is -0.492 e. The van der Waals surface area contributed by atoms with E-state index >= 15 is 0 Å². The molecular formula is C22H22N2O3S. The van der Waals surface area contributed by atoms with E-state index in [-0.39, 0.29) is 11.1 Å². The number of hydrazine groups is 1. The van der Waals surface area contributed by atoms with Crippen LogP contribution in [0.25, 0.3) is 11.8 Å². The second-order valence-electron chi connectivity index (χ2n) is 6.10. The number of thioether (sulfide) groups is 1. The Kier molecular flexibility index (Phi) is 6.68. The SMILES string of the molecule is CCOC(=C1SC(=O)N(N(C)CC=Cc2ccccc2)C1=O)c1ccccc1. The molecule has 5 nitrogen and oxygen atoms in total. The van der Waals surface area contributed by atoms with Gasteiger partial charge in [-0.05, 0) is 24.2 Å². The van der Waals surface area contributed by atoms with Gasteiger partial charge in [-0.3, -0.25) is 9.59 Å². The summed E-state index contributed by atoms with van der Waals surface area (Å²) in [6.45, 7) is 2.69. The minimum absolute atomic E-state index is 0.317. The van der Waals surface area contributed by atoms with Crippen LogP contribution in [0.15, 0.2) is 71.6 Å². The maximum Gasteiger partial charge on any atom is 0.308 e. The summed E-state index contributed by atoms with van der Waals surface area (Å²) in [5, 5.41) is 2.44. The van der Waals surface area contributed by atoms with Gasteiger partial charge in [0.2, 0.25) is 0 Å². The quantitative estimate of drug-likeness (QED) is 0.505. The smallest absolute Gasteiger partial charge is 0.308 e. The molecule has 0 aliphatic carbocycles. The summed E-state index contributed by atoms with van der Waals surface area (Å²) >= 11 is 0.909. The van der Waals surface area contributed by atoms with Gasteiger partial charge in [0.05, 0.1) is 6.61 Å². The summed E-state index contributed by atoms with van der Waals surface area (Å²) < 4.78 is 5.72. The van der Waals surface area contributed by atoms with E-state index in [1.807, 2.05) is 79.7 Å². The van der Waals surface area contributed by atoms with Crippen LogP contribution < -0.4 is 0 Å². The topological polar surface area (TPSA) is 49.9 Å². The van der Waals surface area contributed by atoms with Crippen molar-refractivity contribution in [1.82, 2.24) is 10.0 Å². The molecule has 2 amide bonds. The average Bonchev–Trinajstić information content (AvgIpc) is 3.01. The Labute approximate surface area is 169 Å². The molecule has 1 saturated heterocycles. The van der Waals surface area contributed by atoms with Crippen LogP contribution in [0.1, 0.15) is 18.1 Å². The zero-order valence-corrected chi connectivity index (χ0v) is 16.7. The molecule has 2 aromatic rings. The first-order valence-corrected chi connectivity index (χ1v) is 9.85. The lowest BCUT2D eigenvalue weighted by molar-refractivity contribution is -0.132. The van der Waals surface area contributed by atoms with E-state index in [0.717, 1.165) is 27.9 Å². The van der Waals surface area contributed by atoms with Crippen molar-refractivity contribution in [2.24, 2.45) is 0 Å². The largest absolute Gasteiger partial charge is 0.492 e. The number of imide groups is 1. The van der Waals surface area contributed by atoms with Gasteiger partial charge >= 0.3 is 5.24 Å². The van der Waals surface area contributed by atoms with E-state index in [2.05, 4.69) is 0 Å². The van der Waals surface area contributed by atoms with Crippen molar-refractivity contribution in [2.75, 3.05) is 20.2 Å². The molecule has 144 valence electrons. The van der Waals surface area contributed by atoms with Crippen LogP contribution in [0.3, 0.4) is 0 Å². The number of amides is 2. The molecule has 0 atom stereocenters. The lowest BCUT2D eigenvalue weighted by atomic mass is 10.2. The molecule has 2 aromatic carbocycles. The summed E-state index contributed by atoms with van der Waals surface area (Å²) in [4.78, 5) is 25.8. The summed E-state index contributed by atoms with van der Waals surface area (Å²) in [6.07, 6.45) is 3.88. The number of hydrogen-bond donors (Lipinski definition) is 0. The third-order valence-electron chi connectivity index (χ3n) is 4.10. The normalized spacial score (nSPS) is 16.3. The van der Waals surface area contributed by atoms with Gasteiger partial charge in [0.25, 0.3) is 5.91 Å². The number of rotatable bonds is 7. The van der Waals surface area contributed by atoms with Gasteiger partial charge in [-0.1, -0.05) is 72.8 Å². The van der Waals surface area contributed by atoms with E-state index < -0.39 is 0 Å². The summed E-state index contributed by atoms with van der Waals surface area (Å²) in [5.41, 5.74) is 1.84. The zero-order chi connectivity index (χ0) is 19.9. The van der Waals surface area contributed by atoms with Crippen molar-refractivity contribution >= 4 is 34.7 Å². The molecule has 0 saturated carbocycles. The molecule has 0 radical (unpaired) electrons. The van der Waals surface area contributed by atoms with E-state index in [1.165, 1.54) is 0 Å². The monoisotopic (exact) mass is 394 g/mol. The second-order valence-corrected chi connectivity index (χ2v) is 7.06. The molecule has 0 N–H and O–H groups in total. The Morgan fingerprint density at radius 2 is 1.71 bits per heavy atom. The Morgan fingerprint density at radius 1 is 1.07 bits per heavy atom. The first-order valence-electron chi connectivity index (χ1n) is 9.03. The molecule has 1 fully saturated rings. The van der Waals surface area contributed by atoms with Gasteiger partial charge in [0.1, 0.15) is 10.7 Å². The summed E-state index contributed by atoms with van der Waals surface area (Å²) in [5.74, 6) is 0.0834. The minimum atomic E-state index is -0.363. The number of likely N-dealkylation sites (N-methyl/N-ethyl adjacent to an activating group) is 1. The van der Waals surface area contributed by atoms with Crippen molar-refractivity contribution in [3.05, 3.63) is 82.8 Å². The Morgan fingerprint density at radius 3 is 2.36 bits per heavy atom. The molecule has 0 spiro atoms. The molecule has 0 aromatic heterocycles. The van der Waals surface area contributed by atoms with Crippen LogP contribution >= 0.6 is 11.8 Å². The molecule has 1 aliphatic rings. The van der Waals surface area contributed by atoms with Crippen molar-refractivity contribution < 1.29 is 14.3 Å². The summed E-state index contributed by atoms with van der Waals surface area (Å²) in [6, 6.07) is 19.2. The predicted molar refractivity (Wildman–Crippen MR) is 113 cm³/mol. The maximum atomic E-state index is 13.0. The molecular weight excluding hydrogens is 372 g/mol. The van der Waals surface area contributed by atoms with Gasteiger partial charge in [-0.15, -0.1) is 0 Å². The first kappa shape index (κ1) is 19.9. The van der Waals surface area contributed by atoms with Crippen LogP contribution in [-0.4, -0.2) is 41.4 Å². The Balaban J connectivity index is 1.79. The lowest BCUT2D eigenvalue weighted by Gasteiger charge is -2.23. The number of hydrogen-bond acceptors (Lipinski definition) is 5.